The smallest absolute Gasteiger partial charge is 0.0558 e. The van der Waals surface area contributed by atoms with Crippen molar-refractivity contribution >= 4 is 0 Å². The standard InChI is InChI=1S/C16H32N2O/c1-17-13-16(9-5-6-10-16)14-18(11-12-19)15-7-3-2-4-8-15/h15,17,19H,2-14H2,1H3. The summed E-state index contributed by atoms with van der Waals surface area (Å²) in [6.07, 6.45) is 12.4. The van der Waals surface area contributed by atoms with E-state index in [9.17, 15) is 5.11 Å². The first-order chi connectivity index (χ1) is 9.29. The lowest BCUT2D eigenvalue weighted by Crippen LogP contribution is -2.47. The molecule has 0 heterocycles. The molecule has 0 atom stereocenters. The van der Waals surface area contributed by atoms with Gasteiger partial charge in [0.1, 0.15) is 0 Å². The van der Waals surface area contributed by atoms with Crippen molar-refractivity contribution in [2.75, 3.05) is 33.3 Å². The van der Waals surface area contributed by atoms with Crippen LogP contribution in [-0.4, -0.2) is 49.3 Å². The summed E-state index contributed by atoms with van der Waals surface area (Å²) < 4.78 is 0. The first-order valence-electron chi connectivity index (χ1n) is 8.29. The molecule has 0 aromatic carbocycles. The lowest BCUT2D eigenvalue weighted by atomic mass is 9.83. The summed E-state index contributed by atoms with van der Waals surface area (Å²) >= 11 is 0. The molecule has 0 radical (unpaired) electrons. The highest BCUT2D eigenvalue weighted by Gasteiger charge is 2.36. The molecule has 2 fully saturated rings. The van der Waals surface area contributed by atoms with E-state index in [1.807, 2.05) is 0 Å². The van der Waals surface area contributed by atoms with Crippen LogP contribution in [0.15, 0.2) is 0 Å². The Balaban J connectivity index is 1.97. The highest BCUT2D eigenvalue weighted by Crippen LogP contribution is 2.39. The zero-order chi connectivity index (χ0) is 13.6. The summed E-state index contributed by atoms with van der Waals surface area (Å²) in [5.74, 6) is 0. The average molecular weight is 268 g/mol. The minimum atomic E-state index is 0.312. The second-order valence-corrected chi connectivity index (χ2v) is 6.72. The summed E-state index contributed by atoms with van der Waals surface area (Å²) in [6, 6.07) is 0.732. The highest BCUT2D eigenvalue weighted by atomic mass is 16.3. The molecule has 0 unspecified atom stereocenters. The van der Waals surface area contributed by atoms with Gasteiger partial charge in [-0.1, -0.05) is 32.1 Å². The molecule has 0 aliphatic heterocycles. The first kappa shape index (κ1) is 15.3. The topological polar surface area (TPSA) is 35.5 Å². The number of nitrogens with zero attached hydrogens (tertiary/aromatic N) is 1. The lowest BCUT2D eigenvalue weighted by molar-refractivity contribution is 0.0716. The Bertz CT molecular complexity index is 245. The molecule has 2 rings (SSSR count). The van der Waals surface area contributed by atoms with Crippen LogP contribution in [-0.2, 0) is 0 Å². The van der Waals surface area contributed by atoms with Crippen LogP contribution in [0.5, 0.6) is 0 Å². The summed E-state index contributed by atoms with van der Waals surface area (Å²) in [6.45, 7) is 3.52. The van der Waals surface area contributed by atoms with Crippen molar-refractivity contribution in [1.82, 2.24) is 10.2 Å². The number of hydrogen-bond acceptors (Lipinski definition) is 3. The molecule has 3 heteroatoms. The SMILES string of the molecule is CNCC1(CN(CCO)C2CCCCC2)CCCC1. The van der Waals surface area contributed by atoms with Crippen LogP contribution < -0.4 is 5.32 Å². The second-order valence-electron chi connectivity index (χ2n) is 6.72. The maximum atomic E-state index is 9.40. The highest BCUT2D eigenvalue weighted by molar-refractivity contribution is 4.91. The molecule has 0 aromatic heterocycles. The van der Waals surface area contributed by atoms with E-state index >= 15 is 0 Å². The summed E-state index contributed by atoms with van der Waals surface area (Å²) in [4.78, 5) is 2.61. The zero-order valence-corrected chi connectivity index (χ0v) is 12.7. The van der Waals surface area contributed by atoms with E-state index in [2.05, 4.69) is 17.3 Å². The van der Waals surface area contributed by atoms with E-state index in [-0.39, 0.29) is 0 Å². The van der Waals surface area contributed by atoms with Gasteiger partial charge in [0, 0.05) is 25.7 Å². The number of aliphatic hydroxyl groups excluding tert-OH is 1. The second kappa shape index (κ2) is 7.61. The number of hydrogen-bond donors (Lipinski definition) is 2. The van der Waals surface area contributed by atoms with Crippen molar-refractivity contribution < 1.29 is 5.11 Å². The molecule has 0 spiro atoms. The van der Waals surface area contributed by atoms with Crippen molar-refractivity contribution in [1.29, 1.82) is 0 Å². The first-order valence-corrected chi connectivity index (χ1v) is 8.29. The predicted molar refractivity (Wildman–Crippen MR) is 80.4 cm³/mol. The Kier molecular flexibility index (Phi) is 6.11. The fourth-order valence-electron chi connectivity index (χ4n) is 4.29. The van der Waals surface area contributed by atoms with E-state index in [1.165, 1.54) is 64.3 Å². The number of nitrogens with one attached hydrogen (secondary N) is 1. The predicted octanol–water partition coefficient (Wildman–Crippen LogP) is 2.39. The van der Waals surface area contributed by atoms with Crippen LogP contribution in [0.25, 0.3) is 0 Å². The van der Waals surface area contributed by atoms with Gasteiger partial charge < -0.3 is 10.4 Å². The Morgan fingerprint density at radius 2 is 1.79 bits per heavy atom. The Morgan fingerprint density at radius 3 is 2.37 bits per heavy atom. The summed E-state index contributed by atoms with van der Waals surface area (Å²) in [7, 11) is 2.08. The third-order valence-electron chi connectivity index (χ3n) is 5.23. The minimum Gasteiger partial charge on any atom is -0.395 e. The van der Waals surface area contributed by atoms with Crippen LogP contribution in [0, 0.1) is 5.41 Å². The van der Waals surface area contributed by atoms with Crippen molar-refractivity contribution in [3.05, 3.63) is 0 Å². The van der Waals surface area contributed by atoms with Gasteiger partial charge in [-0.15, -0.1) is 0 Å². The molecule has 2 saturated carbocycles. The van der Waals surface area contributed by atoms with Gasteiger partial charge in [0.25, 0.3) is 0 Å². The van der Waals surface area contributed by atoms with E-state index in [4.69, 9.17) is 0 Å². The van der Waals surface area contributed by atoms with Gasteiger partial charge >= 0.3 is 0 Å². The number of rotatable bonds is 7. The third-order valence-corrected chi connectivity index (χ3v) is 5.23. The van der Waals surface area contributed by atoms with E-state index < -0.39 is 0 Å². The molecule has 112 valence electrons. The molecule has 0 aromatic rings. The Hall–Kier alpha value is -0.120. The fourth-order valence-corrected chi connectivity index (χ4v) is 4.29. The molecular formula is C16H32N2O. The Labute approximate surface area is 118 Å². The minimum absolute atomic E-state index is 0.312. The van der Waals surface area contributed by atoms with Gasteiger partial charge in [-0.3, -0.25) is 4.90 Å². The molecule has 19 heavy (non-hydrogen) atoms. The monoisotopic (exact) mass is 268 g/mol. The van der Waals surface area contributed by atoms with Gasteiger partial charge in [0.05, 0.1) is 6.61 Å². The largest absolute Gasteiger partial charge is 0.395 e. The van der Waals surface area contributed by atoms with Gasteiger partial charge in [0.15, 0.2) is 0 Å². The van der Waals surface area contributed by atoms with Crippen LogP contribution in [0.2, 0.25) is 0 Å². The maximum absolute atomic E-state index is 9.40. The molecule has 0 amide bonds. The molecule has 2 N–H and O–H groups in total. The molecule has 3 nitrogen and oxygen atoms in total. The van der Waals surface area contributed by atoms with Gasteiger partial charge in [-0.25, -0.2) is 0 Å². The summed E-state index contributed by atoms with van der Waals surface area (Å²) in [5, 5.41) is 12.8. The van der Waals surface area contributed by atoms with Crippen molar-refractivity contribution in [3.63, 3.8) is 0 Å². The molecule has 0 bridgehead atoms. The van der Waals surface area contributed by atoms with Crippen LogP contribution in [0.4, 0.5) is 0 Å². The Morgan fingerprint density at radius 1 is 1.11 bits per heavy atom. The van der Waals surface area contributed by atoms with Gasteiger partial charge in [-0.2, -0.15) is 0 Å². The maximum Gasteiger partial charge on any atom is 0.0558 e. The quantitative estimate of drug-likeness (QED) is 0.744. The average Bonchev–Trinajstić information content (AvgIpc) is 2.88. The molecular weight excluding hydrogens is 236 g/mol. The number of aliphatic hydroxyl groups is 1. The van der Waals surface area contributed by atoms with Crippen molar-refractivity contribution in [2.24, 2.45) is 5.41 Å². The molecule has 2 aliphatic rings. The van der Waals surface area contributed by atoms with E-state index in [0.717, 1.165) is 19.1 Å². The molecule has 0 saturated heterocycles. The van der Waals surface area contributed by atoms with Crippen molar-refractivity contribution in [2.45, 2.75) is 63.8 Å². The van der Waals surface area contributed by atoms with E-state index in [1.54, 1.807) is 0 Å². The van der Waals surface area contributed by atoms with Gasteiger partial charge in [0.2, 0.25) is 0 Å². The van der Waals surface area contributed by atoms with Crippen LogP contribution in [0.3, 0.4) is 0 Å². The van der Waals surface area contributed by atoms with Crippen molar-refractivity contribution in [3.8, 4) is 0 Å². The fraction of sp³-hybridized carbons (Fsp3) is 1.00. The van der Waals surface area contributed by atoms with Gasteiger partial charge in [-0.05, 0) is 38.1 Å². The zero-order valence-electron chi connectivity index (χ0n) is 12.7. The molecule has 2 aliphatic carbocycles. The van der Waals surface area contributed by atoms with Crippen LogP contribution >= 0.6 is 0 Å². The van der Waals surface area contributed by atoms with E-state index in [0.29, 0.717) is 12.0 Å². The van der Waals surface area contributed by atoms with Crippen LogP contribution in [0.1, 0.15) is 57.8 Å². The lowest BCUT2D eigenvalue weighted by Gasteiger charge is -2.41. The normalized spacial score (nSPS) is 24.2. The third kappa shape index (κ3) is 4.17. The summed E-state index contributed by atoms with van der Waals surface area (Å²) in [5.41, 5.74) is 0.474.